The lowest BCUT2D eigenvalue weighted by molar-refractivity contribution is 0.167. The van der Waals surface area contributed by atoms with Gasteiger partial charge in [0.2, 0.25) is 0 Å². The van der Waals surface area contributed by atoms with Crippen molar-refractivity contribution < 1.29 is 4.74 Å². The molecule has 0 spiro atoms. The zero-order chi connectivity index (χ0) is 11.2. The number of rotatable bonds is 4. The van der Waals surface area contributed by atoms with Crippen LogP contribution in [0.3, 0.4) is 0 Å². The SMILES string of the molecule is CCCc1ccc(O[C@H]2CCCNC2)cc1. The lowest BCUT2D eigenvalue weighted by Gasteiger charge is -2.24. The third-order valence-corrected chi connectivity index (χ3v) is 3.02. The molecule has 1 aliphatic rings. The lowest BCUT2D eigenvalue weighted by Crippen LogP contribution is -2.37. The third kappa shape index (κ3) is 3.24. The van der Waals surface area contributed by atoms with Crippen molar-refractivity contribution in [1.82, 2.24) is 5.32 Å². The molecule has 0 amide bonds. The van der Waals surface area contributed by atoms with Crippen LogP contribution in [0.25, 0.3) is 0 Å². The Morgan fingerprint density at radius 2 is 2.12 bits per heavy atom. The Bertz CT molecular complexity index is 301. The molecule has 1 N–H and O–H groups in total. The van der Waals surface area contributed by atoms with Crippen molar-refractivity contribution in [3.63, 3.8) is 0 Å². The summed E-state index contributed by atoms with van der Waals surface area (Å²) in [6.07, 6.45) is 5.10. The number of nitrogens with one attached hydrogen (secondary N) is 1. The van der Waals surface area contributed by atoms with E-state index in [1.165, 1.54) is 24.8 Å². The minimum Gasteiger partial charge on any atom is -0.489 e. The first-order chi connectivity index (χ1) is 7.88. The highest BCUT2D eigenvalue weighted by Crippen LogP contribution is 2.17. The molecule has 1 aromatic carbocycles. The standard InChI is InChI=1S/C14H21NO/c1-2-4-12-6-8-13(9-7-12)16-14-5-3-10-15-11-14/h6-9,14-15H,2-5,10-11H2,1H3/t14-/m0/s1. The van der Waals surface area contributed by atoms with Gasteiger partial charge in [-0.25, -0.2) is 0 Å². The van der Waals surface area contributed by atoms with Gasteiger partial charge in [-0.15, -0.1) is 0 Å². The van der Waals surface area contributed by atoms with Gasteiger partial charge in [0.05, 0.1) is 0 Å². The van der Waals surface area contributed by atoms with E-state index < -0.39 is 0 Å². The van der Waals surface area contributed by atoms with Gasteiger partial charge in [-0.1, -0.05) is 25.5 Å². The average Bonchev–Trinajstić information content (AvgIpc) is 2.33. The first kappa shape index (κ1) is 11.5. The maximum Gasteiger partial charge on any atom is 0.119 e. The molecule has 1 saturated heterocycles. The maximum atomic E-state index is 5.93. The topological polar surface area (TPSA) is 21.3 Å². The quantitative estimate of drug-likeness (QED) is 0.840. The van der Waals surface area contributed by atoms with E-state index in [1.807, 2.05) is 0 Å². The van der Waals surface area contributed by atoms with Crippen LogP contribution in [0, 0.1) is 0 Å². The van der Waals surface area contributed by atoms with Crippen LogP contribution in [0.15, 0.2) is 24.3 Å². The van der Waals surface area contributed by atoms with Crippen LogP contribution in [0.2, 0.25) is 0 Å². The fraction of sp³-hybridized carbons (Fsp3) is 0.571. The largest absolute Gasteiger partial charge is 0.489 e. The number of hydrogen-bond acceptors (Lipinski definition) is 2. The van der Waals surface area contributed by atoms with Gasteiger partial charge in [0.1, 0.15) is 11.9 Å². The maximum absolute atomic E-state index is 5.93. The van der Waals surface area contributed by atoms with Gasteiger partial charge in [-0.3, -0.25) is 0 Å². The van der Waals surface area contributed by atoms with Crippen molar-refractivity contribution in [2.75, 3.05) is 13.1 Å². The average molecular weight is 219 g/mol. The molecule has 0 aliphatic carbocycles. The zero-order valence-corrected chi connectivity index (χ0v) is 10.0. The molecular weight excluding hydrogens is 198 g/mol. The highest BCUT2D eigenvalue weighted by Gasteiger charge is 2.13. The number of aryl methyl sites for hydroxylation is 1. The summed E-state index contributed by atoms with van der Waals surface area (Å²) in [6, 6.07) is 8.55. The van der Waals surface area contributed by atoms with E-state index in [0.717, 1.165) is 25.3 Å². The van der Waals surface area contributed by atoms with E-state index in [-0.39, 0.29) is 0 Å². The van der Waals surface area contributed by atoms with Gasteiger partial charge in [-0.2, -0.15) is 0 Å². The number of piperidine rings is 1. The van der Waals surface area contributed by atoms with Crippen molar-refractivity contribution in [3.05, 3.63) is 29.8 Å². The van der Waals surface area contributed by atoms with Crippen LogP contribution in [-0.4, -0.2) is 19.2 Å². The molecule has 88 valence electrons. The Morgan fingerprint density at radius 1 is 1.31 bits per heavy atom. The van der Waals surface area contributed by atoms with Crippen LogP contribution < -0.4 is 10.1 Å². The van der Waals surface area contributed by atoms with Crippen LogP contribution >= 0.6 is 0 Å². The van der Waals surface area contributed by atoms with Crippen molar-refractivity contribution >= 4 is 0 Å². The molecule has 0 saturated carbocycles. The predicted molar refractivity (Wildman–Crippen MR) is 67.0 cm³/mol. The van der Waals surface area contributed by atoms with Gasteiger partial charge in [0.25, 0.3) is 0 Å². The van der Waals surface area contributed by atoms with Crippen molar-refractivity contribution in [2.24, 2.45) is 0 Å². The molecule has 1 aliphatic heterocycles. The first-order valence-corrected chi connectivity index (χ1v) is 6.35. The minimum atomic E-state index is 0.353. The summed E-state index contributed by atoms with van der Waals surface area (Å²) < 4.78 is 5.93. The first-order valence-electron chi connectivity index (χ1n) is 6.35. The van der Waals surface area contributed by atoms with E-state index in [0.29, 0.717) is 6.10 Å². The summed E-state index contributed by atoms with van der Waals surface area (Å²) in [5.41, 5.74) is 1.40. The number of benzene rings is 1. The van der Waals surface area contributed by atoms with E-state index >= 15 is 0 Å². The molecule has 2 nitrogen and oxygen atoms in total. The summed E-state index contributed by atoms with van der Waals surface area (Å²) >= 11 is 0. The van der Waals surface area contributed by atoms with E-state index in [4.69, 9.17) is 4.74 Å². The second-order valence-corrected chi connectivity index (χ2v) is 4.48. The Hall–Kier alpha value is -1.02. The fourth-order valence-electron chi connectivity index (χ4n) is 2.14. The highest BCUT2D eigenvalue weighted by molar-refractivity contribution is 5.27. The minimum absolute atomic E-state index is 0.353. The summed E-state index contributed by atoms with van der Waals surface area (Å²) in [7, 11) is 0. The molecular formula is C14H21NO. The van der Waals surface area contributed by atoms with Crippen LogP contribution in [-0.2, 0) is 6.42 Å². The number of ether oxygens (including phenoxy) is 1. The molecule has 0 aromatic heterocycles. The van der Waals surface area contributed by atoms with E-state index in [9.17, 15) is 0 Å². The van der Waals surface area contributed by atoms with Gasteiger partial charge < -0.3 is 10.1 Å². The fourth-order valence-corrected chi connectivity index (χ4v) is 2.14. The molecule has 1 heterocycles. The summed E-state index contributed by atoms with van der Waals surface area (Å²) in [5.74, 6) is 1.01. The second kappa shape index (κ2) is 5.90. The van der Waals surface area contributed by atoms with Gasteiger partial charge in [0.15, 0.2) is 0 Å². The summed E-state index contributed by atoms with van der Waals surface area (Å²) in [5, 5.41) is 3.36. The van der Waals surface area contributed by atoms with Crippen LogP contribution in [0.1, 0.15) is 31.7 Å². The van der Waals surface area contributed by atoms with Crippen LogP contribution in [0.5, 0.6) is 5.75 Å². The monoisotopic (exact) mass is 219 g/mol. The molecule has 1 aromatic rings. The van der Waals surface area contributed by atoms with Crippen molar-refractivity contribution in [3.8, 4) is 5.75 Å². The molecule has 0 bridgehead atoms. The normalized spacial score (nSPS) is 20.7. The molecule has 2 rings (SSSR count). The molecule has 1 atom stereocenters. The van der Waals surface area contributed by atoms with Gasteiger partial charge in [0, 0.05) is 6.54 Å². The zero-order valence-electron chi connectivity index (χ0n) is 10.0. The van der Waals surface area contributed by atoms with Crippen molar-refractivity contribution in [1.29, 1.82) is 0 Å². The number of hydrogen-bond donors (Lipinski definition) is 1. The Morgan fingerprint density at radius 3 is 2.75 bits per heavy atom. The second-order valence-electron chi connectivity index (χ2n) is 4.48. The lowest BCUT2D eigenvalue weighted by atomic mass is 10.1. The highest BCUT2D eigenvalue weighted by atomic mass is 16.5. The van der Waals surface area contributed by atoms with Crippen molar-refractivity contribution in [2.45, 2.75) is 38.7 Å². The Balaban J connectivity index is 1.88. The predicted octanol–water partition coefficient (Wildman–Crippen LogP) is 2.77. The molecule has 2 heteroatoms. The third-order valence-electron chi connectivity index (χ3n) is 3.02. The molecule has 1 fully saturated rings. The van der Waals surface area contributed by atoms with E-state index in [1.54, 1.807) is 0 Å². The molecule has 0 unspecified atom stereocenters. The summed E-state index contributed by atoms with van der Waals surface area (Å²) in [4.78, 5) is 0. The Kier molecular flexibility index (Phi) is 4.23. The van der Waals surface area contributed by atoms with Gasteiger partial charge in [-0.05, 0) is 43.5 Å². The van der Waals surface area contributed by atoms with E-state index in [2.05, 4.69) is 36.5 Å². The van der Waals surface area contributed by atoms with Gasteiger partial charge >= 0.3 is 0 Å². The molecule has 16 heavy (non-hydrogen) atoms. The summed E-state index contributed by atoms with van der Waals surface area (Å²) in [6.45, 7) is 4.32. The smallest absolute Gasteiger partial charge is 0.119 e. The molecule has 0 radical (unpaired) electrons. The van der Waals surface area contributed by atoms with Crippen LogP contribution in [0.4, 0.5) is 0 Å². The Labute approximate surface area is 98.0 Å².